The third-order valence-corrected chi connectivity index (χ3v) is 4.26. The van der Waals surface area contributed by atoms with E-state index in [1.807, 2.05) is 6.92 Å². The van der Waals surface area contributed by atoms with Crippen molar-refractivity contribution in [2.45, 2.75) is 45.4 Å². The van der Waals surface area contributed by atoms with E-state index in [-0.39, 0.29) is 5.97 Å². The van der Waals surface area contributed by atoms with Crippen molar-refractivity contribution < 1.29 is 9.53 Å². The standard InChI is InChI=1S/C13H23NO2/c1-2-16-12(15)5-8-13-6-3-11(4-7-13)9-14-10-13/h11,14H,2-10H2,1H3. The van der Waals surface area contributed by atoms with Gasteiger partial charge in [-0.3, -0.25) is 4.79 Å². The highest BCUT2D eigenvalue weighted by Crippen LogP contribution is 2.43. The van der Waals surface area contributed by atoms with E-state index in [0.717, 1.165) is 18.9 Å². The Hall–Kier alpha value is -0.570. The monoisotopic (exact) mass is 225 g/mol. The molecule has 16 heavy (non-hydrogen) atoms. The fraction of sp³-hybridized carbons (Fsp3) is 0.923. The van der Waals surface area contributed by atoms with Crippen LogP contribution in [0.25, 0.3) is 0 Å². The number of nitrogens with one attached hydrogen (secondary N) is 1. The van der Waals surface area contributed by atoms with Gasteiger partial charge in [-0.05, 0) is 56.9 Å². The Morgan fingerprint density at radius 1 is 1.44 bits per heavy atom. The lowest BCUT2D eigenvalue weighted by molar-refractivity contribution is -0.143. The average Bonchev–Trinajstić information content (AvgIpc) is 2.61. The van der Waals surface area contributed by atoms with E-state index in [0.29, 0.717) is 18.4 Å². The molecule has 1 aliphatic carbocycles. The van der Waals surface area contributed by atoms with E-state index in [2.05, 4.69) is 5.32 Å². The summed E-state index contributed by atoms with van der Waals surface area (Å²) in [6, 6.07) is 0. The van der Waals surface area contributed by atoms with Crippen LogP contribution in [0.4, 0.5) is 0 Å². The second kappa shape index (κ2) is 5.17. The summed E-state index contributed by atoms with van der Waals surface area (Å²) in [6.45, 7) is 4.66. The smallest absolute Gasteiger partial charge is 0.305 e. The summed E-state index contributed by atoms with van der Waals surface area (Å²) >= 11 is 0. The molecule has 0 aromatic heterocycles. The van der Waals surface area contributed by atoms with Crippen molar-refractivity contribution in [1.29, 1.82) is 0 Å². The molecule has 92 valence electrons. The number of rotatable bonds is 4. The molecule has 0 aromatic carbocycles. The topological polar surface area (TPSA) is 38.3 Å². The van der Waals surface area contributed by atoms with Crippen LogP contribution in [0.1, 0.15) is 45.4 Å². The number of carbonyl (C=O) groups is 1. The highest BCUT2D eigenvalue weighted by Gasteiger charge is 2.37. The molecule has 0 spiro atoms. The number of ether oxygens (including phenoxy) is 1. The van der Waals surface area contributed by atoms with Gasteiger partial charge < -0.3 is 10.1 Å². The first-order chi connectivity index (χ1) is 7.74. The molecule has 0 radical (unpaired) electrons. The highest BCUT2D eigenvalue weighted by molar-refractivity contribution is 5.69. The Bertz CT molecular complexity index is 239. The van der Waals surface area contributed by atoms with Gasteiger partial charge in [0, 0.05) is 13.0 Å². The lowest BCUT2D eigenvalue weighted by Crippen LogP contribution is -2.32. The predicted octanol–water partition coefficient (Wildman–Crippen LogP) is 2.11. The van der Waals surface area contributed by atoms with Gasteiger partial charge in [-0.1, -0.05) is 0 Å². The third kappa shape index (κ3) is 2.76. The van der Waals surface area contributed by atoms with E-state index >= 15 is 0 Å². The lowest BCUT2D eigenvalue weighted by Gasteiger charge is -2.36. The Labute approximate surface area is 97.9 Å². The molecule has 1 N–H and O–H groups in total. The van der Waals surface area contributed by atoms with Crippen molar-refractivity contribution in [2.24, 2.45) is 11.3 Å². The molecule has 0 atom stereocenters. The van der Waals surface area contributed by atoms with Crippen molar-refractivity contribution in [1.82, 2.24) is 5.32 Å². The zero-order valence-corrected chi connectivity index (χ0v) is 10.3. The van der Waals surface area contributed by atoms with E-state index in [1.165, 1.54) is 32.2 Å². The van der Waals surface area contributed by atoms with Gasteiger partial charge in [0.2, 0.25) is 0 Å². The first-order valence-corrected chi connectivity index (χ1v) is 6.60. The Balaban J connectivity index is 1.84. The Morgan fingerprint density at radius 3 is 2.88 bits per heavy atom. The van der Waals surface area contributed by atoms with Gasteiger partial charge in [0.05, 0.1) is 6.61 Å². The van der Waals surface area contributed by atoms with Gasteiger partial charge in [-0.15, -0.1) is 0 Å². The summed E-state index contributed by atoms with van der Waals surface area (Å²) in [5.41, 5.74) is 0.389. The van der Waals surface area contributed by atoms with E-state index in [1.54, 1.807) is 0 Å². The number of esters is 1. The van der Waals surface area contributed by atoms with E-state index < -0.39 is 0 Å². The molecule has 2 aliphatic heterocycles. The molecule has 3 heteroatoms. The largest absolute Gasteiger partial charge is 0.466 e. The minimum Gasteiger partial charge on any atom is -0.466 e. The molecule has 0 amide bonds. The van der Waals surface area contributed by atoms with Gasteiger partial charge in [-0.25, -0.2) is 0 Å². The quantitative estimate of drug-likeness (QED) is 0.745. The fourth-order valence-electron chi connectivity index (χ4n) is 3.15. The van der Waals surface area contributed by atoms with E-state index in [4.69, 9.17) is 4.74 Å². The Morgan fingerprint density at radius 2 is 2.19 bits per heavy atom. The predicted molar refractivity (Wildman–Crippen MR) is 63.1 cm³/mol. The van der Waals surface area contributed by atoms with Crippen LogP contribution in [0.2, 0.25) is 0 Å². The fourth-order valence-corrected chi connectivity index (χ4v) is 3.15. The molecule has 3 nitrogen and oxygen atoms in total. The van der Waals surface area contributed by atoms with Crippen LogP contribution < -0.4 is 5.32 Å². The maximum atomic E-state index is 11.4. The third-order valence-electron chi connectivity index (χ3n) is 4.26. The number of hydrogen-bond acceptors (Lipinski definition) is 3. The van der Waals surface area contributed by atoms with Gasteiger partial charge in [0.25, 0.3) is 0 Å². The summed E-state index contributed by atoms with van der Waals surface area (Å²) < 4.78 is 5.01. The first kappa shape index (κ1) is 11.9. The second-order valence-electron chi connectivity index (χ2n) is 5.38. The molecule has 2 bridgehead atoms. The maximum Gasteiger partial charge on any atom is 0.305 e. The number of hydrogen-bond donors (Lipinski definition) is 1. The molecular weight excluding hydrogens is 202 g/mol. The van der Waals surface area contributed by atoms with Crippen molar-refractivity contribution in [3.05, 3.63) is 0 Å². The Kier molecular flexibility index (Phi) is 3.85. The molecular formula is C13H23NO2. The lowest BCUT2D eigenvalue weighted by atomic mass is 9.69. The maximum absolute atomic E-state index is 11.4. The number of carbonyl (C=O) groups excluding carboxylic acids is 1. The molecule has 3 rings (SSSR count). The first-order valence-electron chi connectivity index (χ1n) is 6.60. The molecule has 3 aliphatic rings. The van der Waals surface area contributed by atoms with Crippen molar-refractivity contribution in [3.63, 3.8) is 0 Å². The minimum atomic E-state index is -0.0248. The van der Waals surface area contributed by atoms with Crippen LogP contribution in [-0.4, -0.2) is 25.7 Å². The van der Waals surface area contributed by atoms with Gasteiger partial charge in [0.15, 0.2) is 0 Å². The number of fused-ring (bicyclic) bond motifs is 4. The zero-order chi connectivity index (χ0) is 11.4. The summed E-state index contributed by atoms with van der Waals surface area (Å²) in [4.78, 5) is 11.4. The summed E-state index contributed by atoms with van der Waals surface area (Å²) in [5.74, 6) is 0.862. The highest BCUT2D eigenvalue weighted by atomic mass is 16.5. The second-order valence-corrected chi connectivity index (χ2v) is 5.38. The van der Waals surface area contributed by atoms with Gasteiger partial charge in [0.1, 0.15) is 0 Å². The summed E-state index contributed by atoms with van der Waals surface area (Å²) in [6.07, 6.45) is 6.88. The molecule has 1 saturated carbocycles. The van der Waals surface area contributed by atoms with Crippen LogP contribution in [0, 0.1) is 11.3 Å². The summed E-state index contributed by atoms with van der Waals surface area (Å²) in [5, 5.41) is 3.55. The molecule has 3 fully saturated rings. The summed E-state index contributed by atoms with van der Waals surface area (Å²) in [7, 11) is 0. The molecule has 2 heterocycles. The molecule has 0 aromatic rings. The van der Waals surface area contributed by atoms with Crippen LogP contribution in [0.3, 0.4) is 0 Å². The van der Waals surface area contributed by atoms with Crippen molar-refractivity contribution in [2.75, 3.05) is 19.7 Å². The van der Waals surface area contributed by atoms with Crippen molar-refractivity contribution >= 4 is 5.97 Å². The van der Waals surface area contributed by atoms with Gasteiger partial charge >= 0.3 is 5.97 Å². The zero-order valence-electron chi connectivity index (χ0n) is 10.3. The SMILES string of the molecule is CCOC(=O)CCC12CCC(CC1)CNC2. The van der Waals surface area contributed by atoms with Crippen LogP contribution >= 0.6 is 0 Å². The average molecular weight is 225 g/mol. The molecule has 2 saturated heterocycles. The minimum absolute atomic E-state index is 0.0248. The molecule has 0 unspecified atom stereocenters. The van der Waals surface area contributed by atoms with E-state index in [9.17, 15) is 4.79 Å². The van der Waals surface area contributed by atoms with Gasteiger partial charge in [-0.2, -0.15) is 0 Å². The van der Waals surface area contributed by atoms with Crippen LogP contribution in [-0.2, 0) is 9.53 Å². The van der Waals surface area contributed by atoms with Crippen LogP contribution in [0.5, 0.6) is 0 Å². The van der Waals surface area contributed by atoms with Crippen LogP contribution in [0.15, 0.2) is 0 Å². The normalized spacial score (nSPS) is 33.4. The van der Waals surface area contributed by atoms with Crippen molar-refractivity contribution in [3.8, 4) is 0 Å².